The van der Waals surface area contributed by atoms with Crippen molar-refractivity contribution in [2.24, 2.45) is 0 Å². The van der Waals surface area contributed by atoms with Gasteiger partial charge in [0.05, 0.1) is 11.4 Å². The van der Waals surface area contributed by atoms with E-state index in [1.54, 1.807) is 14.0 Å². The number of imide groups is 1. The van der Waals surface area contributed by atoms with E-state index in [2.05, 4.69) is 20.8 Å². The summed E-state index contributed by atoms with van der Waals surface area (Å²) >= 11 is 0. The predicted molar refractivity (Wildman–Crippen MR) is 103 cm³/mol. The lowest BCUT2D eigenvalue weighted by atomic mass is 9.81. The molecule has 158 valence electrons. The molecule has 1 saturated heterocycles. The molecule has 2 fully saturated rings. The molecule has 0 unspecified atom stereocenters. The Bertz CT molecular complexity index is 1020. The van der Waals surface area contributed by atoms with E-state index in [0.717, 1.165) is 24.2 Å². The van der Waals surface area contributed by atoms with Crippen molar-refractivity contribution in [2.75, 3.05) is 18.9 Å². The van der Waals surface area contributed by atoms with E-state index in [1.807, 2.05) is 0 Å². The van der Waals surface area contributed by atoms with Gasteiger partial charge in [-0.25, -0.2) is 9.18 Å². The summed E-state index contributed by atoms with van der Waals surface area (Å²) in [5.74, 6) is -1.18. The Labute approximate surface area is 172 Å². The molecule has 1 spiro atoms. The van der Waals surface area contributed by atoms with E-state index in [1.165, 1.54) is 27.8 Å². The first-order chi connectivity index (χ1) is 14.3. The summed E-state index contributed by atoms with van der Waals surface area (Å²) in [4.78, 5) is 40.6. The van der Waals surface area contributed by atoms with Crippen LogP contribution in [0, 0.1) is 12.7 Å². The Kier molecular flexibility index (Phi) is 4.96. The summed E-state index contributed by atoms with van der Waals surface area (Å²) in [5.41, 5.74) is -0.492. The van der Waals surface area contributed by atoms with Crippen molar-refractivity contribution in [2.45, 2.75) is 44.6 Å². The van der Waals surface area contributed by atoms with Crippen molar-refractivity contribution in [3.63, 3.8) is 0 Å². The van der Waals surface area contributed by atoms with Crippen LogP contribution in [-0.2, 0) is 9.59 Å². The number of carbonyl (C=O) groups is 3. The molecule has 1 aliphatic carbocycles. The summed E-state index contributed by atoms with van der Waals surface area (Å²) < 4.78 is 15.6. The van der Waals surface area contributed by atoms with Gasteiger partial charge in [0, 0.05) is 7.05 Å². The standard InChI is InChI=1S/C19H22FN7O3/c1-12-22-23-24-27(12)13-6-7-14(20)15(10-13)21-16(28)11-26-17(29)19(25(2)18(26)30)8-4-3-5-9-19/h6-7,10H,3-5,8-9,11H2,1-2H3,(H,21,28). The minimum atomic E-state index is -0.863. The monoisotopic (exact) mass is 415 g/mol. The molecule has 11 heteroatoms. The fraction of sp³-hybridized carbons (Fsp3) is 0.474. The molecule has 1 saturated carbocycles. The lowest BCUT2D eigenvalue weighted by Gasteiger charge is -2.35. The first-order valence-electron chi connectivity index (χ1n) is 9.78. The molecule has 1 aromatic heterocycles. The molecule has 1 N–H and O–H groups in total. The molecule has 0 atom stereocenters. The van der Waals surface area contributed by atoms with Crippen molar-refractivity contribution >= 4 is 23.5 Å². The molecule has 10 nitrogen and oxygen atoms in total. The average molecular weight is 415 g/mol. The predicted octanol–water partition coefficient (Wildman–Crippen LogP) is 1.65. The fourth-order valence-corrected chi connectivity index (χ4v) is 4.22. The van der Waals surface area contributed by atoms with Crippen LogP contribution >= 0.6 is 0 Å². The number of hydrogen-bond acceptors (Lipinski definition) is 6. The molecule has 0 radical (unpaired) electrons. The molecule has 2 heterocycles. The highest BCUT2D eigenvalue weighted by atomic mass is 19.1. The van der Waals surface area contributed by atoms with Gasteiger partial charge in [0.2, 0.25) is 5.91 Å². The minimum absolute atomic E-state index is 0.0905. The summed E-state index contributed by atoms with van der Waals surface area (Å²) in [6.07, 6.45) is 3.92. The lowest BCUT2D eigenvalue weighted by molar-refractivity contribution is -0.136. The Balaban J connectivity index is 1.51. The highest BCUT2D eigenvalue weighted by molar-refractivity contribution is 6.10. The number of halogens is 1. The van der Waals surface area contributed by atoms with E-state index < -0.39 is 29.8 Å². The van der Waals surface area contributed by atoms with Crippen LogP contribution < -0.4 is 5.32 Å². The van der Waals surface area contributed by atoms with Gasteiger partial charge in [-0.3, -0.25) is 14.5 Å². The molecule has 1 aromatic carbocycles. The van der Waals surface area contributed by atoms with Gasteiger partial charge in [-0.2, -0.15) is 4.68 Å². The van der Waals surface area contributed by atoms with Gasteiger partial charge in [0.15, 0.2) is 5.82 Å². The second-order valence-electron chi connectivity index (χ2n) is 7.68. The van der Waals surface area contributed by atoms with Gasteiger partial charge in [-0.05, 0) is 48.4 Å². The molecule has 2 aliphatic rings. The highest BCUT2D eigenvalue weighted by Crippen LogP contribution is 2.39. The van der Waals surface area contributed by atoms with Gasteiger partial charge in [-0.15, -0.1) is 5.10 Å². The largest absolute Gasteiger partial charge is 0.327 e. The Hall–Kier alpha value is -3.37. The maximum absolute atomic E-state index is 14.3. The molecule has 4 amide bonds. The molecule has 2 aromatic rings. The third-order valence-electron chi connectivity index (χ3n) is 5.88. The van der Waals surface area contributed by atoms with Crippen LogP contribution in [0.4, 0.5) is 14.9 Å². The Morgan fingerprint density at radius 3 is 2.63 bits per heavy atom. The number of aryl methyl sites for hydroxylation is 1. The molecule has 30 heavy (non-hydrogen) atoms. The molecule has 4 rings (SSSR count). The van der Waals surface area contributed by atoms with E-state index in [4.69, 9.17) is 0 Å². The van der Waals surface area contributed by atoms with Gasteiger partial charge >= 0.3 is 6.03 Å². The summed E-state index contributed by atoms with van der Waals surface area (Å²) in [5, 5.41) is 13.6. The molecule has 0 bridgehead atoms. The molecular formula is C19H22FN7O3. The van der Waals surface area contributed by atoms with Gasteiger partial charge in [-0.1, -0.05) is 19.3 Å². The third-order valence-corrected chi connectivity index (χ3v) is 5.88. The lowest BCUT2D eigenvalue weighted by Crippen LogP contribution is -2.49. The maximum atomic E-state index is 14.3. The van der Waals surface area contributed by atoms with Crippen LogP contribution in [-0.4, -0.2) is 67.0 Å². The number of nitrogens with one attached hydrogen (secondary N) is 1. The van der Waals surface area contributed by atoms with Crippen molar-refractivity contribution in [1.82, 2.24) is 30.0 Å². The van der Waals surface area contributed by atoms with Crippen LogP contribution in [0.1, 0.15) is 37.9 Å². The van der Waals surface area contributed by atoms with Gasteiger partial charge in [0.1, 0.15) is 17.9 Å². The van der Waals surface area contributed by atoms with Gasteiger partial charge < -0.3 is 10.2 Å². The van der Waals surface area contributed by atoms with Crippen molar-refractivity contribution < 1.29 is 18.8 Å². The Morgan fingerprint density at radius 1 is 1.23 bits per heavy atom. The number of amides is 4. The molecular weight excluding hydrogens is 393 g/mol. The SMILES string of the molecule is Cc1nnnn1-c1ccc(F)c(NC(=O)CN2C(=O)N(C)C3(CCCCC3)C2=O)c1. The Morgan fingerprint density at radius 2 is 1.97 bits per heavy atom. The highest BCUT2D eigenvalue weighted by Gasteiger charge is 2.55. The second kappa shape index (κ2) is 7.47. The first kappa shape index (κ1) is 19.9. The first-order valence-corrected chi connectivity index (χ1v) is 9.78. The smallest absolute Gasteiger partial charge is 0.322 e. The zero-order valence-corrected chi connectivity index (χ0v) is 16.8. The van der Waals surface area contributed by atoms with Crippen LogP contribution in [0.5, 0.6) is 0 Å². The third kappa shape index (κ3) is 3.19. The van der Waals surface area contributed by atoms with Crippen molar-refractivity contribution in [3.8, 4) is 5.69 Å². The van der Waals surface area contributed by atoms with Crippen molar-refractivity contribution in [1.29, 1.82) is 0 Å². The number of anilines is 1. The minimum Gasteiger partial charge on any atom is -0.322 e. The zero-order valence-electron chi connectivity index (χ0n) is 16.8. The summed E-state index contributed by atoms with van der Waals surface area (Å²) in [6, 6.07) is 3.54. The fourth-order valence-electron chi connectivity index (χ4n) is 4.22. The van der Waals surface area contributed by atoms with Crippen molar-refractivity contribution in [3.05, 3.63) is 29.8 Å². The van der Waals surface area contributed by atoms with Crippen LogP contribution in [0.25, 0.3) is 5.69 Å². The second-order valence-corrected chi connectivity index (χ2v) is 7.68. The van der Waals surface area contributed by atoms with E-state index in [9.17, 15) is 18.8 Å². The van der Waals surface area contributed by atoms with E-state index in [-0.39, 0.29) is 11.6 Å². The topological polar surface area (TPSA) is 113 Å². The van der Waals surface area contributed by atoms with E-state index in [0.29, 0.717) is 24.4 Å². The number of carbonyl (C=O) groups excluding carboxylic acids is 3. The number of benzene rings is 1. The van der Waals surface area contributed by atoms with Crippen LogP contribution in [0.2, 0.25) is 0 Å². The quantitative estimate of drug-likeness (QED) is 0.760. The molecule has 1 aliphatic heterocycles. The number of aromatic nitrogens is 4. The van der Waals surface area contributed by atoms with Crippen LogP contribution in [0.15, 0.2) is 18.2 Å². The number of tetrazole rings is 1. The summed E-state index contributed by atoms with van der Waals surface area (Å²) in [6.45, 7) is 1.21. The van der Waals surface area contributed by atoms with Gasteiger partial charge in [0.25, 0.3) is 5.91 Å². The van der Waals surface area contributed by atoms with E-state index >= 15 is 0 Å². The normalized spacial score (nSPS) is 18.4. The summed E-state index contributed by atoms with van der Waals surface area (Å²) in [7, 11) is 1.60. The number of likely N-dealkylation sites (N-methyl/N-ethyl adjacent to an activating group) is 1. The number of hydrogen-bond donors (Lipinski definition) is 1. The number of rotatable bonds is 4. The maximum Gasteiger partial charge on any atom is 0.327 e. The van der Waals surface area contributed by atoms with Crippen LogP contribution in [0.3, 0.4) is 0 Å². The number of nitrogens with zero attached hydrogens (tertiary/aromatic N) is 6. The zero-order chi connectivity index (χ0) is 21.5. The number of urea groups is 1. The average Bonchev–Trinajstić information content (AvgIpc) is 3.23.